The molecule has 2 aromatic rings. The van der Waals surface area contributed by atoms with Gasteiger partial charge in [-0.2, -0.15) is 0 Å². The van der Waals surface area contributed by atoms with Crippen molar-refractivity contribution >= 4 is 44.0 Å². The Morgan fingerprint density at radius 1 is 0.650 bits per heavy atom. The van der Waals surface area contributed by atoms with Gasteiger partial charge in [-0.1, -0.05) is 56.1 Å². The van der Waals surface area contributed by atoms with Crippen LogP contribution < -0.4 is 0 Å². The molecule has 0 aliphatic heterocycles. The molecule has 2 heteroatoms. The van der Waals surface area contributed by atoms with Gasteiger partial charge in [-0.15, -0.1) is 0 Å². The maximum atomic E-state index is 3.56. The molecular formula is C18H12Br2. The van der Waals surface area contributed by atoms with E-state index in [0.717, 1.165) is 12.8 Å². The Morgan fingerprint density at radius 2 is 1.10 bits per heavy atom. The molecule has 0 aromatic heterocycles. The molecule has 0 amide bonds. The van der Waals surface area contributed by atoms with E-state index in [2.05, 4.69) is 80.4 Å². The van der Waals surface area contributed by atoms with Crippen molar-refractivity contribution in [2.24, 2.45) is 0 Å². The molecule has 0 fully saturated rings. The number of hydrogen-bond acceptors (Lipinski definition) is 0. The fourth-order valence-corrected chi connectivity index (χ4v) is 3.85. The molecule has 0 saturated heterocycles. The highest BCUT2D eigenvalue weighted by atomic mass is 79.9. The molecule has 0 heterocycles. The number of benzene rings is 2. The topological polar surface area (TPSA) is 0 Å². The van der Waals surface area contributed by atoms with Crippen molar-refractivity contribution in [2.75, 3.05) is 0 Å². The minimum absolute atomic E-state index is 1.05. The first-order valence-corrected chi connectivity index (χ1v) is 8.26. The van der Waals surface area contributed by atoms with Crippen molar-refractivity contribution in [3.8, 4) is 0 Å². The zero-order chi connectivity index (χ0) is 13.7. The number of rotatable bonds is 1. The van der Waals surface area contributed by atoms with Crippen LogP contribution in [0.15, 0.2) is 56.5 Å². The van der Waals surface area contributed by atoms with Crippen molar-refractivity contribution in [3.05, 3.63) is 78.7 Å². The van der Waals surface area contributed by atoms with E-state index in [-0.39, 0.29) is 0 Å². The third-order valence-corrected chi connectivity index (χ3v) is 5.03. The first-order valence-electron chi connectivity index (χ1n) is 6.67. The minimum atomic E-state index is 1.05. The van der Waals surface area contributed by atoms with E-state index in [1.165, 1.54) is 42.3 Å². The summed E-state index contributed by atoms with van der Waals surface area (Å²) in [6.07, 6.45) is 6.79. The monoisotopic (exact) mass is 386 g/mol. The first-order chi connectivity index (χ1) is 9.69. The molecule has 0 saturated carbocycles. The summed E-state index contributed by atoms with van der Waals surface area (Å²) >= 11 is 7.11. The van der Waals surface area contributed by atoms with Crippen LogP contribution in [0.1, 0.15) is 22.3 Å². The summed E-state index contributed by atoms with van der Waals surface area (Å²) in [5.74, 6) is 0. The number of hydrogen-bond donors (Lipinski definition) is 0. The lowest BCUT2D eigenvalue weighted by Gasteiger charge is -2.03. The van der Waals surface area contributed by atoms with Crippen molar-refractivity contribution in [2.45, 2.75) is 12.8 Å². The van der Waals surface area contributed by atoms with Crippen molar-refractivity contribution in [1.82, 2.24) is 0 Å². The molecule has 0 atom stereocenters. The summed E-state index contributed by atoms with van der Waals surface area (Å²) in [5, 5.41) is 0. The van der Waals surface area contributed by atoms with Crippen LogP contribution in [-0.2, 0) is 12.8 Å². The average molecular weight is 388 g/mol. The maximum absolute atomic E-state index is 3.56. The second kappa shape index (κ2) is 4.71. The minimum Gasteiger partial charge on any atom is -0.0536 e. The van der Waals surface area contributed by atoms with Crippen LogP contribution in [0.4, 0.5) is 0 Å². The van der Waals surface area contributed by atoms with Gasteiger partial charge in [0.25, 0.3) is 0 Å². The Kier molecular flexibility index (Phi) is 2.97. The molecule has 0 nitrogen and oxygen atoms in total. The zero-order valence-corrected chi connectivity index (χ0v) is 14.0. The van der Waals surface area contributed by atoms with Gasteiger partial charge in [-0.25, -0.2) is 0 Å². The maximum Gasteiger partial charge on any atom is 0.0178 e. The summed E-state index contributed by atoms with van der Waals surface area (Å²) < 4.78 is 2.33. The van der Waals surface area contributed by atoms with Crippen molar-refractivity contribution in [1.29, 1.82) is 0 Å². The zero-order valence-electron chi connectivity index (χ0n) is 10.8. The first kappa shape index (κ1) is 12.6. The van der Waals surface area contributed by atoms with E-state index in [9.17, 15) is 0 Å². The molecule has 2 aromatic carbocycles. The Balaban J connectivity index is 1.67. The Bertz CT molecular complexity index is 715. The van der Waals surface area contributed by atoms with Crippen LogP contribution in [0.25, 0.3) is 12.2 Å². The van der Waals surface area contributed by atoms with Crippen LogP contribution in [0.3, 0.4) is 0 Å². The smallest absolute Gasteiger partial charge is 0.0178 e. The van der Waals surface area contributed by atoms with Crippen LogP contribution in [0, 0.1) is 0 Å². The Labute approximate surface area is 135 Å². The molecule has 20 heavy (non-hydrogen) atoms. The molecule has 2 aliphatic rings. The van der Waals surface area contributed by atoms with Crippen LogP contribution in [-0.4, -0.2) is 0 Å². The summed E-state index contributed by atoms with van der Waals surface area (Å²) in [5.41, 5.74) is 8.50. The van der Waals surface area contributed by atoms with Gasteiger partial charge < -0.3 is 0 Å². The summed E-state index contributed by atoms with van der Waals surface area (Å²) in [4.78, 5) is 0. The van der Waals surface area contributed by atoms with E-state index >= 15 is 0 Å². The molecule has 0 unspecified atom stereocenters. The predicted molar refractivity (Wildman–Crippen MR) is 91.6 cm³/mol. The van der Waals surface area contributed by atoms with Crippen LogP contribution >= 0.6 is 31.9 Å². The summed E-state index contributed by atoms with van der Waals surface area (Å²) in [6.45, 7) is 0. The van der Waals surface area contributed by atoms with E-state index in [1.807, 2.05) is 0 Å². The molecule has 0 N–H and O–H groups in total. The largest absolute Gasteiger partial charge is 0.0536 e. The van der Waals surface area contributed by atoms with E-state index in [4.69, 9.17) is 0 Å². The van der Waals surface area contributed by atoms with Gasteiger partial charge in [-0.3, -0.25) is 0 Å². The molecule has 4 rings (SSSR count). The fourth-order valence-electron chi connectivity index (χ4n) is 3.04. The van der Waals surface area contributed by atoms with Crippen LogP contribution in [0.5, 0.6) is 0 Å². The Hall–Kier alpha value is -1.12. The standard InChI is InChI=1S/C18H12Br2/c19-17-3-1-11-5-13(7-15(11)9-17)14-6-12-2-4-18(20)10-16(12)8-14/h1-6,9-10H,7-8H2. The quantitative estimate of drug-likeness (QED) is 0.580. The van der Waals surface area contributed by atoms with Gasteiger partial charge in [0.15, 0.2) is 0 Å². The molecule has 0 spiro atoms. The van der Waals surface area contributed by atoms with Gasteiger partial charge in [0, 0.05) is 8.95 Å². The van der Waals surface area contributed by atoms with Gasteiger partial charge in [-0.05, 0) is 70.5 Å². The van der Waals surface area contributed by atoms with Crippen molar-refractivity contribution < 1.29 is 0 Å². The fraction of sp³-hybridized carbons (Fsp3) is 0.111. The molecular weight excluding hydrogens is 376 g/mol. The third-order valence-electron chi connectivity index (χ3n) is 4.04. The molecule has 0 bridgehead atoms. The number of allylic oxidation sites excluding steroid dienone is 2. The van der Waals surface area contributed by atoms with Crippen molar-refractivity contribution in [3.63, 3.8) is 0 Å². The van der Waals surface area contributed by atoms with Gasteiger partial charge in [0.1, 0.15) is 0 Å². The lowest BCUT2D eigenvalue weighted by atomic mass is 10.0. The SMILES string of the molecule is Brc1ccc2c(c1)CC(C1=Cc3ccc(Br)cc3C1)=C2. The summed E-state index contributed by atoms with van der Waals surface area (Å²) in [7, 11) is 0. The molecule has 98 valence electrons. The van der Waals surface area contributed by atoms with Gasteiger partial charge in [0.2, 0.25) is 0 Å². The Morgan fingerprint density at radius 3 is 1.55 bits per heavy atom. The van der Waals surface area contributed by atoms with Gasteiger partial charge in [0.05, 0.1) is 0 Å². The summed E-state index contributed by atoms with van der Waals surface area (Å²) in [6, 6.07) is 13.1. The highest BCUT2D eigenvalue weighted by molar-refractivity contribution is 9.10. The van der Waals surface area contributed by atoms with Gasteiger partial charge >= 0.3 is 0 Å². The average Bonchev–Trinajstić information content (AvgIpc) is 3.00. The predicted octanol–water partition coefficient (Wildman–Crippen LogP) is 5.79. The number of fused-ring (bicyclic) bond motifs is 2. The second-order valence-electron chi connectivity index (χ2n) is 5.38. The van der Waals surface area contributed by atoms with E-state index in [0.29, 0.717) is 0 Å². The van der Waals surface area contributed by atoms with E-state index in [1.54, 1.807) is 0 Å². The normalized spacial score (nSPS) is 15.7. The highest BCUT2D eigenvalue weighted by Gasteiger charge is 2.20. The lowest BCUT2D eigenvalue weighted by molar-refractivity contribution is 1.13. The van der Waals surface area contributed by atoms with E-state index < -0.39 is 0 Å². The second-order valence-corrected chi connectivity index (χ2v) is 7.21. The lowest BCUT2D eigenvalue weighted by Crippen LogP contribution is -1.91. The number of halogens is 2. The highest BCUT2D eigenvalue weighted by Crippen LogP contribution is 2.37. The third kappa shape index (κ3) is 2.11. The molecule has 0 radical (unpaired) electrons. The molecule has 2 aliphatic carbocycles. The van der Waals surface area contributed by atoms with Crippen LogP contribution in [0.2, 0.25) is 0 Å².